The van der Waals surface area contributed by atoms with Crippen molar-refractivity contribution in [3.63, 3.8) is 0 Å². The molecule has 0 N–H and O–H groups in total. The summed E-state index contributed by atoms with van der Waals surface area (Å²) in [6, 6.07) is 13.2. The fraction of sp³-hybridized carbons (Fsp3) is 0.167. The molecule has 3 rings (SSSR count). The molecule has 0 aliphatic carbocycles. The highest BCUT2D eigenvalue weighted by molar-refractivity contribution is 6.20. The number of aromatic nitrogens is 1. The number of rotatable bonds is 4. The Morgan fingerprint density at radius 1 is 1.12 bits per heavy atom. The van der Waals surface area contributed by atoms with Gasteiger partial charge in [-0.15, -0.1) is 0 Å². The van der Waals surface area contributed by atoms with E-state index in [1.165, 1.54) is 12.3 Å². The molecular weight excluding hydrogens is 306 g/mol. The molecule has 2 amide bonds. The third kappa shape index (κ3) is 2.79. The summed E-state index contributed by atoms with van der Waals surface area (Å²) in [5.41, 5.74) is 0.979. The molecule has 1 aliphatic heterocycles. The first-order chi connectivity index (χ1) is 11.6. The highest BCUT2D eigenvalue weighted by atomic mass is 16.2. The number of hydrogen-bond donors (Lipinski definition) is 0. The number of hydrogen-bond acceptors (Lipinski definition) is 5. The van der Waals surface area contributed by atoms with Crippen molar-refractivity contribution in [2.45, 2.75) is 18.8 Å². The second kappa shape index (κ2) is 6.42. The van der Waals surface area contributed by atoms with Crippen molar-refractivity contribution in [2.75, 3.05) is 4.90 Å². The van der Waals surface area contributed by atoms with E-state index in [1.807, 2.05) is 6.07 Å². The van der Waals surface area contributed by atoms with E-state index in [-0.39, 0.29) is 30.2 Å². The van der Waals surface area contributed by atoms with E-state index in [4.69, 9.17) is 0 Å². The Morgan fingerprint density at radius 2 is 1.88 bits per heavy atom. The van der Waals surface area contributed by atoms with Crippen molar-refractivity contribution in [3.8, 4) is 6.07 Å². The maximum absolute atomic E-state index is 12.7. The molecule has 0 bridgehead atoms. The van der Waals surface area contributed by atoms with E-state index >= 15 is 0 Å². The molecule has 118 valence electrons. The van der Waals surface area contributed by atoms with Gasteiger partial charge in [-0.2, -0.15) is 5.26 Å². The zero-order valence-electron chi connectivity index (χ0n) is 12.7. The average molecular weight is 319 g/mol. The van der Waals surface area contributed by atoms with Crippen molar-refractivity contribution in [2.24, 2.45) is 0 Å². The van der Waals surface area contributed by atoms with Gasteiger partial charge in [-0.25, -0.2) is 0 Å². The Morgan fingerprint density at radius 3 is 2.50 bits per heavy atom. The number of carbonyl (C=O) groups excluding carboxylic acids is 3. The van der Waals surface area contributed by atoms with Crippen LogP contribution in [0.3, 0.4) is 0 Å². The van der Waals surface area contributed by atoms with Crippen molar-refractivity contribution in [1.29, 1.82) is 5.26 Å². The predicted molar refractivity (Wildman–Crippen MR) is 85.1 cm³/mol. The number of imide groups is 1. The molecule has 2 aromatic rings. The Bertz CT molecular complexity index is 839. The van der Waals surface area contributed by atoms with Crippen molar-refractivity contribution >= 4 is 23.3 Å². The summed E-state index contributed by atoms with van der Waals surface area (Å²) >= 11 is 0. The van der Waals surface area contributed by atoms with Crippen LogP contribution in [0.1, 0.15) is 34.8 Å². The quantitative estimate of drug-likeness (QED) is 0.636. The molecule has 0 spiro atoms. The molecule has 0 unspecified atom stereocenters. The molecule has 6 nitrogen and oxygen atoms in total. The molecule has 6 heteroatoms. The van der Waals surface area contributed by atoms with Crippen LogP contribution in [0.15, 0.2) is 48.7 Å². The van der Waals surface area contributed by atoms with Crippen molar-refractivity contribution in [3.05, 3.63) is 59.9 Å². The third-order valence-corrected chi connectivity index (χ3v) is 3.82. The van der Waals surface area contributed by atoms with Gasteiger partial charge in [-0.3, -0.25) is 24.3 Å². The molecule has 2 heterocycles. The molecule has 1 saturated heterocycles. The van der Waals surface area contributed by atoms with Crippen LogP contribution in [0.5, 0.6) is 0 Å². The Hall–Kier alpha value is -3.33. The molecule has 0 radical (unpaired) electrons. The minimum absolute atomic E-state index is 0.172. The van der Waals surface area contributed by atoms with Crippen molar-refractivity contribution < 1.29 is 14.4 Å². The van der Waals surface area contributed by atoms with E-state index in [9.17, 15) is 19.6 Å². The average Bonchev–Trinajstić information content (AvgIpc) is 2.95. The highest BCUT2D eigenvalue weighted by Gasteiger charge is 2.31. The number of amides is 2. The number of nitrogens with zero attached hydrogens (tertiary/aromatic N) is 3. The van der Waals surface area contributed by atoms with Gasteiger partial charge in [-0.05, 0) is 24.3 Å². The Labute approximate surface area is 138 Å². The smallest absolute Gasteiger partial charge is 0.234 e. The monoisotopic (exact) mass is 319 g/mol. The summed E-state index contributed by atoms with van der Waals surface area (Å²) in [7, 11) is 0. The first-order valence-electron chi connectivity index (χ1n) is 7.42. The summed E-state index contributed by atoms with van der Waals surface area (Å²) in [6.45, 7) is 0. The van der Waals surface area contributed by atoms with Crippen LogP contribution in [-0.4, -0.2) is 22.6 Å². The van der Waals surface area contributed by atoms with E-state index in [1.54, 1.807) is 36.4 Å². The fourth-order valence-corrected chi connectivity index (χ4v) is 2.64. The number of nitriles is 1. The molecule has 24 heavy (non-hydrogen) atoms. The van der Waals surface area contributed by atoms with Gasteiger partial charge in [0.1, 0.15) is 0 Å². The minimum atomic E-state index is -1.04. The number of ketones is 1. The summed E-state index contributed by atoms with van der Waals surface area (Å²) in [4.78, 5) is 41.5. The molecule has 1 fully saturated rings. The van der Waals surface area contributed by atoms with E-state index in [2.05, 4.69) is 4.98 Å². The van der Waals surface area contributed by atoms with Gasteiger partial charge in [0, 0.05) is 24.6 Å². The first kappa shape index (κ1) is 15.6. The van der Waals surface area contributed by atoms with Gasteiger partial charge >= 0.3 is 0 Å². The van der Waals surface area contributed by atoms with E-state index in [0.717, 1.165) is 4.90 Å². The molecule has 1 aromatic heterocycles. The van der Waals surface area contributed by atoms with Gasteiger partial charge in [0.05, 0.1) is 17.5 Å². The summed E-state index contributed by atoms with van der Waals surface area (Å²) < 4.78 is 0. The lowest BCUT2D eigenvalue weighted by Gasteiger charge is -2.15. The van der Waals surface area contributed by atoms with Crippen LogP contribution < -0.4 is 4.90 Å². The van der Waals surface area contributed by atoms with Crippen LogP contribution >= 0.6 is 0 Å². The van der Waals surface area contributed by atoms with Crippen LogP contribution in [0.25, 0.3) is 0 Å². The predicted octanol–water partition coefficient (Wildman–Crippen LogP) is 2.23. The zero-order valence-corrected chi connectivity index (χ0v) is 12.7. The fourth-order valence-electron chi connectivity index (χ4n) is 2.64. The number of benzene rings is 1. The largest absolute Gasteiger partial charge is 0.292 e. The topological polar surface area (TPSA) is 91.1 Å². The van der Waals surface area contributed by atoms with Crippen molar-refractivity contribution in [1.82, 2.24) is 4.98 Å². The van der Waals surface area contributed by atoms with Crippen LogP contribution in [-0.2, 0) is 9.59 Å². The number of carbonyl (C=O) groups is 3. The lowest BCUT2D eigenvalue weighted by Crippen LogP contribution is -2.28. The Balaban J connectivity index is 1.94. The first-order valence-corrected chi connectivity index (χ1v) is 7.42. The van der Waals surface area contributed by atoms with Gasteiger partial charge in [0.2, 0.25) is 11.8 Å². The minimum Gasteiger partial charge on any atom is -0.292 e. The number of anilines is 1. The lowest BCUT2D eigenvalue weighted by atomic mass is 9.95. The van der Waals surface area contributed by atoms with Crippen LogP contribution in [0, 0.1) is 11.3 Å². The van der Waals surface area contributed by atoms with Gasteiger partial charge in [-0.1, -0.05) is 18.2 Å². The maximum Gasteiger partial charge on any atom is 0.234 e. The van der Waals surface area contributed by atoms with E-state index < -0.39 is 11.7 Å². The van der Waals surface area contributed by atoms with Crippen LogP contribution in [0.2, 0.25) is 0 Å². The van der Waals surface area contributed by atoms with E-state index in [0.29, 0.717) is 11.4 Å². The molecule has 1 aromatic carbocycles. The second-order valence-electron chi connectivity index (χ2n) is 5.35. The SMILES string of the molecule is N#C[C@H](C(=O)c1cccc(N2C(=O)CCC2=O)c1)c1ccccn1. The number of Topliss-reactive ketones (excluding diaryl/α,β-unsaturated/α-hetero) is 1. The summed E-state index contributed by atoms with van der Waals surface area (Å²) in [6.07, 6.45) is 1.86. The zero-order chi connectivity index (χ0) is 17.1. The van der Waals surface area contributed by atoms with Gasteiger partial charge < -0.3 is 0 Å². The van der Waals surface area contributed by atoms with Gasteiger partial charge in [0.25, 0.3) is 0 Å². The molecule has 0 saturated carbocycles. The molecule has 1 aliphatic rings. The standard InChI is InChI=1S/C18H13N3O3/c19-11-14(15-6-1-2-9-20-15)18(24)12-4-3-5-13(10-12)21-16(22)7-8-17(21)23/h1-6,9-10,14H,7-8H2/t14-/m0/s1. The van der Waals surface area contributed by atoms with Crippen LogP contribution in [0.4, 0.5) is 5.69 Å². The Kier molecular flexibility index (Phi) is 4.17. The third-order valence-electron chi connectivity index (χ3n) is 3.82. The maximum atomic E-state index is 12.7. The lowest BCUT2D eigenvalue weighted by molar-refractivity contribution is -0.121. The highest BCUT2D eigenvalue weighted by Crippen LogP contribution is 2.26. The summed E-state index contributed by atoms with van der Waals surface area (Å²) in [5, 5.41) is 9.35. The summed E-state index contributed by atoms with van der Waals surface area (Å²) in [5.74, 6) is -2.03. The second-order valence-corrected chi connectivity index (χ2v) is 5.35. The number of pyridine rings is 1. The molecule has 1 atom stereocenters. The molecular formula is C18H13N3O3. The van der Waals surface area contributed by atoms with Gasteiger partial charge in [0.15, 0.2) is 11.7 Å². The normalized spacial score (nSPS) is 15.2.